The Bertz CT molecular complexity index is 873. The van der Waals surface area contributed by atoms with Crippen LogP contribution in [0.3, 0.4) is 0 Å². The van der Waals surface area contributed by atoms with Gasteiger partial charge >= 0.3 is 0 Å². The van der Waals surface area contributed by atoms with E-state index < -0.39 is 0 Å². The van der Waals surface area contributed by atoms with Crippen LogP contribution >= 0.6 is 0 Å². The molecule has 0 aliphatic carbocycles. The first-order valence-corrected chi connectivity index (χ1v) is 8.85. The van der Waals surface area contributed by atoms with Crippen LogP contribution in [0.5, 0.6) is 0 Å². The fraction of sp³-hybridized carbons (Fsp3) is 0.368. The molecule has 1 aliphatic rings. The largest absolute Gasteiger partial charge is 0.445 e. The average molecular weight is 351 g/mol. The summed E-state index contributed by atoms with van der Waals surface area (Å²) in [5, 5.41) is 4.06. The van der Waals surface area contributed by atoms with Crippen molar-refractivity contribution < 1.29 is 9.21 Å². The quantitative estimate of drug-likeness (QED) is 0.704. The molecule has 134 valence electrons. The Morgan fingerprint density at radius 1 is 1.27 bits per heavy atom. The van der Waals surface area contributed by atoms with Gasteiger partial charge in [0.1, 0.15) is 30.2 Å². The lowest BCUT2D eigenvalue weighted by Crippen LogP contribution is -2.39. The fourth-order valence-electron chi connectivity index (χ4n) is 3.24. The summed E-state index contributed by atoms with van der Waals surface area (Å²) in [5.74, 6) is 1.68. The number of hydrogen-bond donors (Lipinski definition) is 0. The second-order valence-corrected chi connectivity index (χ2v) is 6.52. The van der Waals surface area contributed by atoms with E-state index in [1.165, 1.54) is 11.9 Å². The normalized spacial score (nSPS) is 14.9. The van der Waals surface area contributed by atoms with E-state index in [2.05, 4.69) is 27.2 Å². The van der Waals surface area contributed by atoms with E-state index in [4.69, 9.17) is 4.42 Å². The SMILES string of the molecule is CC(C(=O)N1CCc2oc(CCc3ccccc3)nc2C1)n1cncn1. The van der Waals surface area contributed by atoms with E-state index in [9.17, 15) is 4.79 Å². The van der Waals surface area contributed by atoms with E-state index in [0.29, 0.717) is 19.5 Å². The zero-order valence-corrected chi connectivity index (χ0v) is 14.7. The van der Waals surface area contributed by atoms with Crippen molar-refractivity contribution in [2.24, 2.45) is 0 Å². The Morgan fingerprint density at radius 3 is 2.88 bits per heavy atom. The van der Waals surface area contributed by atoms with E-state index >= 15 is 0 Å². The van der Waals surface area contributed by atoms with Crippen molar-refractivity contribution in [2.45, 2.75) is 38.8 Å². The molecule has 0 spiro atoms. The van der Waals surface area contributed by atoms with Gasteiger partial charge in [0.25, 0.3) is 0 Å². The lowest BCUT2D eigenvalue weighted by Gasteiger charge is -2.27. The maximum Gasteiger partial charge on any atom is 0.247 e. The van der Waals surface area contributed by atoms with Gasteiger partial charge in [-0.2, -0.15) is 5.10 Å². The van der Waals surface area contributed by atoms with Crippen molar-refractivity contribution in [3.63, 3.8) is 0 Å². The van der Waals surface area contributed by atoms with Gasteiger partial charge in [-0.15, -0.1) is 0 Å². The van der Waals surface area contributed by atoms with Gasteiger partial charge in [0, 0.05) is 19.4 Å². The number of carbonyl (C=O) groups excluding carboxylic acids is 1. The summed E-state index contributed by atoms with van der Waals surface area (Å²) in [6, 6.07) is 9.93. The molecule has 1 aromatic carbocycles. The molecule has 3 aromatic rings. The standard InChI is InChI=1S/C19H21N5O2/c1-14(24-13-20-12-21-24)19(25)23-10-9-17-16(11-23)22-18(26-17)8-7-15-5-3-2-4-6-15/h2-6,12-14H,7-11H2,1H3. The number of aromatic nitrogens is 4. The van der Waals surface area contributed by atoms with Crippen LogP contribution < -0.4 is 0 Å². The van der Waals surface area contributed by atoms with Gasteiger partial charge in [-0.1, -0.05) is 30.3 Å². The van der Waals surface area contributed by atoms with Crippen LogP contribution in [-0.4, -0.2) is 37.1 Å². The van der Waals surface area contributed by atoms with Crippen LogP contribution in [0.25, 0.3) is 0 Å². The van der Waals surface area contributed by atoms with Crippen LogP contribution in [0, 0.1) is 0 Å². The number of fused-ring (bicyclic) bond motifs is 1. The highest BCUT2D eigenvalue weighted by Gasteiger charge is 2.29. The third-order valence-corrected chi connectivity index (χ3v) is 4.74. The molecule has 1 atom stereocenters. The Labute approximate surface area is 151 Å². The number of hydrogen-bond acceptors (Lipinski definition) is 5. The minimum atomic E-state index is -0.372. The Balaban J connectivity index is 1.41. The van der Waals surface area contributed by atoms with Crippen molar-refractivity contribution in [2.75, 3.05) is 6.54 Å². The molecule has 0 saturated carbocycles. The van der Waals surface area contributed by atoms with Gasteiger partial charge in [0.2, 0.25) is 5.91 Å². The van der Waals surface area contributed by atoms with E-state index in [1.54, 1.807) is 11.0 Å². The second-order valence-electron chi connectivity index (χ2n) is 6.52. The fourth-order valence-corrected chi connectivity index (χ4v) is 3.24. The molecule has 1 unspecified atom stereocenters. The highest BCUT2D eigenvalue weighted by molar-refractivity contribution is 5.80. The van der Waals surface area contributed by atoms with Gasteiger partial charge in [-0.3, -0.25) is 4.79 Å². The second kappa shape index (κ2) is 7.11. The molecule has 0 fully saturated rings. The zero-order valence-electron chi connectivity index (χ0n) is 14.7. The van der Waals surface area contributed by atoms with Crippen molar-refractivity contribution >= 4 is 5.91 Å². The number of rotatable bonds is 5. The monoisotopic (exact) mass is 351 g/mol. The van der Waals surface area contributed by atoms with Gasteiger partial charge in [0.15, 0.2) is 5.89 Å². The molecule has 3 heterocycles. The summed E-state index contributed by atoms with van der Waals surface area (Å²) in [4.78, 5) is 23.1. The number of aryl methyl sites for hydroxylation is 2. The predicted octanol–water partition coefficient (Wildman–Crippen LogP) is 2.20. The van der Waals surface area contributed by atoms with Crippen molar-refractivity contribution in [1.82, 2.24) is 24.6 Å². The van der Waals surface area contributed by atoms with Crippen LogP contribution in [0.4, 0.5) is 0 Å². The molecule has 0 saturated heterocycles. The molecular formula is C19H21N5O2. The third-order valence-electron chi connectivity index (χ3n) is 4.74. The van der Waals surface area contributed by atoms with Gasteiger partial charge in [-0.05, 0) is 18.9 Å². The zero-order chi connectivity index (χ0) is 17.9. The lowest BCUT2D eigenvalue weighted by atomic mass is 10.1. The first-order valence-electron chi connectivity index (χ1n) is 8.85. The number of oxazole rings is 1. The van der Waals surface area contributed by atoms with Crippen LogP contribution in [0.2, 0.25) is 0 Å². The molecule has 1 aliphatic heterocycles. The molecule has 7 heteroatoms. The number of amides is 1. The molecule has 4 rings (SSSR count). The third kappa shape index (κ3) is 3.37. The molecule has 0 radical (unpaired) electrons. The van der Waals surface area contributed by atoms with Crippen LogP contribution in [0.15, 0.2) is 47.4 Å². The molecular weight excluding hydrogens is 330 g/mol. The Kier molecular flexibility index (Phi) is 4.51. The minimum Gasteiger partial charge on any atom is -0.445 e. The van der Waals surface area contributed by atoms with Gasteiger partial charge < -0.3 is 9.32 Å². The van der Waals surface area contributed by atoms with E-state index in [-0.39, 0.29) is 11.9 Å². The highest BCUT2D eigenvalue weighted by atomic mass is 16.4. The maximum absolute atomic E-state index is 12.7. The summed E-state index contributed by atoms with van der Waals surface area (Å²) in [5.41, 5.74) is 2.14. The first-order chi connectivity index (χ1) is 12.7. The number of carbonyl (C=O) groups is 1. The van der Waals surface area contributed by atoms with Crippen LogP contribution in [0.1, 0.15) is 35.9 Å². The molecule has 7 nitrogen and oxygen atoms in total. The molecule has 26 heavy (non-hydrogen) atoms. The summed E-state index contributed by atoms with van der Waals surface area (Å²) in [7, 11) is 0. The number of benzene rings is 1. The van der Waals surface area contributed by atoms with Crippen LogP contribution in [-0.2, 0) is 30.6 Å². The Hall–Kier alpha value is -2.96. The van der Waals surface area contributed by atoms with E-state index in [1.807, 2.05) is 30.0 Å². The topological polar surface area (TPSA) is 77.0 Å². The highest BCUT2D eigenvalue weighted by Crippen LogP contribution is 2.22. The number of nitrogens with zero attached hydrogens (tertiary/aromatic N) is 5. The predicted molar refractivity (Wildman–Crippen MR) is 94.2 cm³/mol. The Morgan fingerprint density at radius 2 is 2.12 bits per heavy atom. The molecule has 0 N–H and O–H groups in total. The van der Waals surface area contributed by atoms with Crippen molar-refractivity contribution in [3.05, 3.63) is 65.9 Å². The van der Waals surface area contributed by atoms with Gasteiger partial charge in [0.05, 0.1) is 6.54 Å². The molecule has 2 aromatic heterocycles. The average Bonchev–Trinajstić information content (AvgIpc) is 3.35. The smallest absolute Gasteiger partial charge is 0.247 e. The summed E-state index contributed by atoms with van der Waals surface area (Å²) >= 11 is 0. The van der Waals surface area contributed by atoms with Gasteiger partial charge in [-0.25, -0.2) is 14.6 Å². The first kappa shape index (κ1) is 16.5. The van der Waals surface area contributed by atoms with Crippen molar-refractivity contribution in [1.29, 1.82) is 0 Å². The molecule has 1 amide bonds. The van der Waals surface area contributed by atoms with Crippen molar-refractivity contribution in [3.8, 4) is 0 Å². The summed E-state index contributed by atoms with van der Waals surface area (Å²) < 4.78 is 7.49. The molecule has 0 bridgehead atoms. The van der Waals surface area contributed by atoms with E-state index in [0.717, 1.165) is 30.2 Å². The maximum atomic E-state index is 12.7. The summed E-state index contributed by atoms with van der Waals surface area (Å²) in [6.07, 6.45) is 5.36. The minimum absolute atomic E-state index is 0.0231. The lowest BCUT2D eigenvalue weighted by molar-refractivity contribution is -0.135. The summed E-state index contributed by atoms with van der Waals surface area (Å²) in [6.45, 7) is 2.96.